The fraction of sp³-hybridized carbons (Fsp3) is 0.364. The van der Waals surface area contributed by atoms with Crippen LogP contribution in [0.3, 0.4) is 0 Å². The van der Waals surface area contributed by atoms with Gasteiger partial charge in [0, 0.05) is 17.5 Å². The molecule has 0 aliphatic heterocycles. The van der Waals surface area contributed by atoms with Crippen molar-refractivity contribution in [2.45, 2.75) is 6.61 Å². The second-order valence-corrected chi connectivity index (χ2v) is 6.65. The molecular formula is C11H16N2O4S2. The third-order valence-corrected chi connectivity index (χ3v) is 4.55. The normalized spacial score (nSPS) is 11.9. The van der Waals surface area contributed by atoms with Crippen molar-refractivity contribution in [1.82, 2.24) is 10.0 Å². The molecule has 19 heavy (non-hydrogen) atoms. The van der Waals surface area contributed by atoms with E-state index in [0.717, 1.165) is 10.4 Å². The number of nitrogens with one attached hydrogen (secondary N) is 2. The zero-order valence-electron chi connectivity index (χ0n) is 10.4. The van der Waals surface area contributed by atoms with Gasteiger partial charge in [-0.25, -0.2) is 13.1 Å². The maximum Gasteiger partial charge on any atom is 0.244 e. The van der Waals surface area contributed by atoms with Gasteiger partial charge >= 0.3 is 0 Å². The molecule has 106 valence electrons. The number of carbonyl (C=O) groups is 1. The van der Waals surface area contributed by atoms with Gasteiger partial charge in [0.05, 0.1) is 12.4 Å². The van der Waals surface area contributed by atoms with Crippen molar-refractivity contribution in [3.63, 3.8) is 0 Å². The molecule has 0 fully saturated rings. The smallest absolute Gasteiger partial charge is 0.244 e. The summed E-state index contributed by atoms with van der Waals surface area (Å²) in [5.74, 6) is -0.512. The van der Waals surface area contributed by atoms with E-state index >= 15 is 0 Å². The van der Waals surface area contributed by atoms with Crippen LogP contribution in [0.4, 0.5) is 0 Å². The summed E-state index contributed by atoms with van der Waals surface area (Å²) in [5.41, 5.74) is 0.796. The van der Waals surface area contributed by atoms with E-state index in [1.165, 1.54) is 24.5 Å². The lowest BCUT2D eigenvalue weighted by Crippen LogP contribution is -2.32. The second-order valence-electron chi connectivity index (χ2n) is 3.66. The highest BCUT2D eigenvalue weighted by Gasteiger charge is 2.06. The van der Waals surface area contributed by atoms with E-state index in [4.69, 9.17) is 5.11 Å². The first kappa shape index (κ1) is 15.8. The quantitative estimate of drug-likeness (QED) is 0.614. The molecule has 1 rings (SSSR count). The molecule has 0 spiro atoms. The van der Waals surface area contributed by atoms with Crippen LogP contribution in [0.25, 0.3) is 6.08 Å². The summed E-state index contributed by atoms with van der Waals surface area (Å²) < 4.78 is 24.4. The molecule has 8 heteroatoms. The molecule has 0 saturated heterocycles. The van der Waals surface area contributed by atoms with Crippen LogP contribution in [-0.4, -0.2) is 38.8 Å². The molecule has 0 aliphatic carbocycles. The summed E-state index contributed by atoms with van der Waals surface area (Å²) in [6, 6.07) is 1.78. The number of carbonyl (C=O) groups excluding carboxylic acids is 1. The zero-order chi connectivity index (χ0) is 14.3. The molecule has 0 bridgehead atoms. The molecular weight excluding hydrogens is 288 g/mol. The van der Waals surface area contributed by atoms with Crippen LogP contribution < -0.4 is 10.0 Å². The number of aliphatic hydroxyl groups excluding tert-OH is 1. The third kappa shape index (κ3) is 5.97. The fourth-order valence-electron chi connectivity index (χ4n) is 1.19. The molecule has 1 aromatic heterocycles. The van der Waals surface area contributed by atoms with Gasteiger partial charge in [-0.05, 0) is 30.1 Å². The summed E-state index contributed by atoms with van der Waals surface area (Å²) in [6.45, 7) is 0.0249. The Morgan fingerprint density at radius 3 is 2.84 bits per heavy atom. The van der Waals surface area contributed by atoms with E-state index in [0.29, 0.717) is 0 Å². The lowest BCUT2D eigenvalue weighted by Gasteiger charge is -2.02. The maximum atomic E-state index is 11.4. The zero-order valence-corrected chi connectivity index (χ0v) is 12.1. The monoisotopic (exact) mass is 304 g/mol. The highest BCUT2D eigenvalue weighted by atomic mass is 32.2. The average Bonchev–Trinajstić information content (AvgIpc) is 2.84. The molecule has 1 heterocycles. The van der Waals surface area contributed by atoms with Crippen molar-refractivity contribution in [2.75, 3.05) is 19.3 Å². The van der Waals surface area contributed by atoms with Gasteiger partial charge in [-0.3, -0.25) is 4.79 Å². The minimum Gasteiger partial charge on any atom is -0.392 e. The van der Waals surface area contributed by atoms with Crippen molar-refractivity contribution in [3.05, 3.63) is 28.0 Å². The third-order valence-electron chi connectivity index (χ3n) is 2.24. The van der Waals surface area contributed by atoms with Gasteiger partial charge in [-0.1, -0.05) is 0 Å². The number of sulfonamides is 1. The van der Waals surface area contributed by atoms with Crippen LogP contribution in [-0.2, 0) is 21.4 Å². The van der Waals surface area contributed by atoms with Gasteiger partial charge in [0.2, 0.25) is 15.9 Å². The van der Waals surface area contributed by atoms with Crippen molar-refractivity contribution in [1.29, 1.82) is 0 Å². The van der Waals surface area contributed by atoms with E-state index < -0.39 is 10.0 Å². The highest BCUT2D eigenvalue weighted by Crippen LogP contribution is 2.15. The predicted octanol–water partition coefficient (Wildman–Crippen LogP) is -0.0810. The number of rotatable bonds is 7. The van der Waals surface area contributed by atoms with Gasteiger partial charge in [0.15, 0.2) is 0 Å². The van der Waals surface area contributed by atoms with E-state index in [-0.39, 0.29) is 24.8 Å². The molecule has 1 aromatic rings. The average molecular weight is 304 g/mol. The standard InChI is InChI=1S/C11H16N2O4S2/c1-12-19(16,17)5-4-13-11(15)3-2-10-6-9(7-14)8-18-10/h2-3,6,8,12,14H,4-5,7H2,1H3,(H,13,15)/b3-2+. The molecule has 0 atom stereocenters. The Labute approximate surface area is 116 Å². The van der Waals surface area contributed by atoms with Crippen LogP contribution in [0.1, 0.15) is 10.4 Å². The molecule has 3 N–H and O–H groups in total. The van der Waals surface area contributed by atoms with Crippen molar-refractivity contribution < 1.29 is 18.3 Å². The Morgan fingerprint density at radius 2 is 2.26 bits per heavy atom. The Hall–Kier alpha value is -1.22. The first-order valence-corrected chi connectivity index (χ1v) is 8.05. The molecule has 0 saturated carbocycles. The molecule has 0 aromatic carbocycles. The van der Waals surface area contributed by atoms with Gasteiger partial charge in [-0.2, -0.15) is 0 Å². The van der Waals surface area contributed by atoms with E-state index in [1.54, 1.807) is 17.5 Å². The van der Waals surface area contributed by atoms with Gasteiger partial charge < -0.3 is 10.4 Å². The first-order valence-electron chi connectivity index (χ1n) is 5.52. The minimum absolute atomic E-state index is 0.0294. The van der Waals surface area contributed by atoms with Crippen LogP contribution in [0.15, 0.2) is 17.5 Å². The van der Waals surface area contributed by atoms with Crippen molar-refractivity contribution in [3.8, 4) is 0 Å². The van der Waals surface area contributed by atoms with Crippen molar-refractivity contribution in [2.24, 2.45) is 0 Å². The topological polar surface area (TPSA) is 95.5 Å². The van der Waals surface area contributed by atoms with E-state index in [9.17, 15) is 13.2 Å². The van der Waals surface area contributed by atoms with Crippen LogP contribution in [0, 0.1) is 0 Å². The van der Waals surface area contributed by atoms with Gasteiger partial charge in [-0.15, -0.1) is 11.3 Å². The maximum absolute atomic E-state index is 11.4. The fourth-order valence-corrected chi connectivity index (χ4v) is 2.56. The number of amides is 1. The second kappa shape index (κ2) is 7.39. The van der Waals surface area contributed by atoms with Crippen LogP contribution >= 0.6 is 11.3 Å². The largest absolute Gasteiger partial charge is 0.392 e. The molecule has 1 amide bonds. The van der Waals surface area contributed by atoms with E-state index in [2.05, 4.69) is 10.0 Å². The van der Waals surface area contributed by atoms with E-state index in [1.807, 2.05) is 0 Å². The van der Waals surface area contributed by atoms with Crippen LogP contribution in [0.2, 0.25) is 0 Å². The Bertz CT molecular complexity index is 549. The Balaban J connectivity index is 2.39. The SMILES string of the molecule is CNS(=O)(=O)CCNC(=O)/C=C/c1cc(CO)cs1. The summed E-state index contributed by atoms with van der Waals surface area (Å²) in [7, 11) is -1.97. The molecule has 0 radical (unpaired) electrons. The predicted molar refractivity (Wildman–Crippen MR) is 75.1 cm³/mol. The molecule has 6 nitrogen and oxygen atoms in total. The Morgan fingerprint density at radius 1 is 1.53 bits per heavy atom. The molecule has 0 unspecified atom stereocenters. The number of thiophene rings is 1. The highest BCUT2D eigenvalue weighted by molar-refractivity contribution is 7.89. The summed E-state index contributed by atoms with van der Waals surface area (Å²) >= 11 is 1.42. The van der Waals surface area contributed by atoms with Crippen molar-refractivity contribution >= 4 is 33.3 Å². The first-order chi connectivity index (χ1) is 8.96. The molecule has 0 aliphatic rings. The van der Waals surface area contributed by atoms with Crippen LogP contribution in [0.5, 0.6) is 0 Å². The summed E-state index contributed by atoms with van der Waals surface area (Å²) in [5, 5.41) is 13.2. The Kier molecular flexibility index (Phi) is 6.16. The summed E-state index contributed by atoms with van der Waals surface area (Å²) in [4.78, 5) is 12.3. The number of aliphatic hydroxyl groups is 1. The minimum atomic E-state index is -3.30. The number of hydrogen-bond acceptors (Lipinski definition) is 5. The van der Waals surface area contributed by atoms with Gasteiger partial charge in [0.25, 0.3) is 0 Å². The van der Waals surface area contributed by atoms with Gasteiger partial charge in [0.1, 0.15) is 0 Å². The number of hydrogen-bond donors (Lipinski definition) is 3. The summed E-state index contributed by atoms with van der Waals surface area (Å²) in [6.07, 6.45) is 2.95. The lowest BCUT2D eigenvalue weighted by atomic mass is 10.3. The lowest BCUT2D eigenvalue weighted by molar-refractivity contribution is -0.116.